The highest BCUT2D eigenvalue weighted by atomic mass is 35.5. The van der Waals surface area contributed by atoms with Gasteiger partial charge in [-0.1, -0.05) is 41.4 Å². The van der Waals surface area contributed by atoms with E-state index in [4.69, 9.17) is 33.4 Å². The normalized spacial score (nSPS) is 12.3. The average molecular weight is 334 g/mol. The summed E-state index contributed by atoms with van der Waals surface area (Å²) in [5.74, 6) is 0.683. The third-order valence-corrected chi connectivity index (χ3v) is 3.99. The Morgan fingerprint density at radius 2 is 1.68 bits per heavy atom. The maximum Gasteiger partial charge on any atom is 0.247 e. The van der Waals surface area contributed by atoms with Crippen molar-refractivity contribution in [1.82, 2.24) is 10.2 Å². The maximum absolute atomic E-state index is 6.25. The van der Waals surface area contributed by atoms with Crippen LogP contribution in [0.4, 0.5) is 5.69 Å². The number of benzene rings is 2. The van der Waals surface area contributed by atoms with Crippen LogP contribution in [0, 0.1) is 0 Å². The lowest BCUT2D eigenvalue weighted by Crippen LogP contribution is -2.00. The summed E-state index contributed by atoms with van der Waals surface area (Å²) in [6.45, 7) is 1.91. The van der Waals surface area contributed by atoms with Crippen LogP contribution in [0.5, 0.6) is 0 Å². The van der Waals surface area contributed by atoms with Crippen LogP contribution in [0.1, 0.15) is 24.3 Å². The van der Waals surface area contributed by atoms with E-state index in [9.17, 15) is 0 Å². The zero-order chi connectivity index (χ0) is 15.7. The smallest absolute Gasteiger partial charge is 0.247 e. The quantitative estimate of drug-likeness (QED) is 0.700. The molecule has 0 spiro atoms. The first kappa shape index (κ1) is 14.9. The van der Waals surface area contributed by atoms with Crippen LogP contribution in [0.25, 0.3) is 11.5 Å². The molecule has 0 aliphatic rings. The van der Waals surface area contributed by atoms with Crippen molar-refractivity contribution in [3.63, 3.8) is 0 Å². The van der Waals surface area contributed by atoms with Crippen LogP contribution in [0.3, 0.4) is 0 Å². The number of aromatic nitrogens is 2. The molecule has 0 amide bonds. The van der Waals surface area contributed by atoms with Gasteiger partial charge in [0.25, 0.3) is 0 Å². The highest BCUT2D eigenvalue weighted by molar-refractivity contribution is 6.36. The van der Waals surface area contributed by atoms with Crippen molar-refractivity contribution < 1.29 is 4.42 Å². The zero-order valence-corrected chi connectivity index (χ0v) is 13.3. The monoisotopic (exact) mass is 333 g/mol. The molecule has 2 N–H and O–H groups in total. The molecule has 0 saturated carbocycles. The van der Waals surface area contributed by atoms with Crippen LogP contribution < -0.4 is 5.73 Å². The topological polar surface area (TPSA) is 64.9 Å². The fraction of sp³-hybridized carbons (Fsp3) is 0.125. The van der Waals surface area contributed by atoms with E-state index in [1.807, 2.05) is 37.3 Å². The fourth-order valence-corrected chi connectivity index (χ4v) is 3.08. The van der Waals surface area contributed by atoms with Crippen molar-refractivity contribution in [2.24, 2.45) is 0 Å². The summed E-state index contributed by atoms with van der Waals surface area (Å²) in [7, 11) is 0. The standard InChI is InChI=1S/C16H13Cl2N3O/c1-9(14-12(17)7-11(19)8-13(14)18)15-20-21-16(22-15)10-5-3-2-4-6-10/h2-9H,19H2,1H3. The molecule has 22 heavy (non-hydrogen) atoms. The van der Waals surface area contributed by atoms with Crippen LogP contribution in [0.2, 0.25) is 10.0 Å². The van der Waals surface area contributed by atoms with Gasteiger partial charge in [-0.05, 0) is 31.2 Å². The number of nitrogens with zero attached hydrogens (tertiary/aromatic N) is 2. The lowest BCUT2D eigenvalue weighted by Gasteiger charge is -2.12. The fourth-order valence-electron chi connectivity index (χ4n) is 2.25. The Balaban J connectivity index is 1.97. The third-order valence-electron chi connectivity index (χ3n) is 3.37. The molecule has 0 aliphatic carbocycles. The van der Waals surface area contributed by atoms with Crippen LogP contribution in [0.15, 0.2) is 46.9 Å². The van der Waals surface area contributed by atoms with E-state index in [0.717, 1.165) is 11.1 Å². The second kappa shape index (κ2) is 5.99. The molecule has 1 atom stereocenters. The first-order chi connectivity index (χ1) is 10.6. The molecule has 2 aromatic carbocycles. The Labute approximate surface area is 137 Å². The summed E-state index contributed by atoms with van der Waals surface area (Å²) in [6.07, 6.45) is 0. The molecule has 0 bridgehead atoms. The largest absolute Gasteiger partial charge is 0.420 e. The second-order valence-corrected chi connectivity index (χ2v) is 5.75. The first-order valence-electron chi connectivity index (χ1n) is 6.69. The van der Waals surface area contributed by atoms with Gasteiger partial charge in [0.2, 0.25) is 11.8 Å². The van der Waals surface area contributed by atoms with Gasteiger partial charge in [-0.15, -0.1) is 10.2 Å². The lowest BCUT2D eigenvalue weighted by molar-refractivity contribution is 0.491. The average Bonchev–Trinajstić information content (AvgIpc) is 2.97. The van der Waals surface area contributed by atoms with Crippen LogP contribution in [-0.2, 0) is 0 Å². The molecule has 1 heterocycles. The molecule has 6 heteroatoms. The number of halogens is 2. The molecule has 1 aromatic heterocycles. The van der Waals surface area contributed by atoms with Gasteiger partial charge in [-0.3, -0.25) is 0 Å². The van der Waals surface area contributed by atoms with E-state index < -0.39 is 0 Å². The Kier molecular flexibility index (Phi) is 4.05. The Morgan fingerprint density at radius 3 is 2.32 bits per heavy atom. The van der Waals surface area contributed by atoms with Gasteiger partial charge in [0, 0.05) is 26.9 Å². The number of nitrogen functional groups attached to an aromatic ring is 1. The zero-order valence-electron chi connectivity index (χ0n) is 11.8. The van der Waals surface area contributed by atoms with Gasteiger partial charge in [0.05, 0.1) is 5.92 Å². The summed E-state index contributed by atoms with van der Waals surface area (Å²) in [4.78, 5) is 0. The molecular weight excluding hydrogens is 321 g/mol. The molecular formula is C16H13Cl2N3O. The summed E-state index contributed by atoms with van der Waals surface area (Å²) < 4.78 is 5.76. The molecule has 0 saturated heterocycles. The number of hydrogen-bond donors (Lipinski definition) is 1. The van der Waals surface area contributed by atoms with Crippen molar-refractivity contribution in [1.29, 1.82) is 0 Å². The number of hydrogen-bond acceptors (Lipinski definition) is 4. The molecule has 0 fully saturated rings. The van der Waals surface area contributed by atoms with Crippen molar-refractivity contribution in [2.45, 2.75) is 12.8 Å². The van der Waals surface area contributed by atoms with Gasteiger partial charge in [0.15, 0.2) is 0 Å². The van der Waals surface area contributed by atoms with Gasteiger partial charge in [-0.2, -0.15) is 0 Å². The van der Waals surface area contributed by atoms with Crippen LogP contribution in [-0.4, -0.2) is 10.2 Å². The predicted octanol–water partition coefficient (Wildman–Crippen LogP) is 4.78. The first-order valence-corrected chi connectivity index (χ1v) is 7.45. The minimum absolute atomic E-state index is 0.231. The molecule has 112 valence electrons. The van der Waals surface area contributed by atoms with E-state index in [2.05, 4.69) is 10.2 Å². The molecule has 0 aliphatic heterocycles. The Hall–Kier alpha value is -2.04. The SMILES string of the molecule is CC(c1nnc(-c2ccccc2)o1)c1c(Cl)cc(N)cc1Cl. The summed E-state index contributed by atoms with van der Waals surface area (Å²) in [6, 6.07) is 12.9. The number of nitrogens with two attached hydrogens (primary N) is 1. The van der Waals surface area contributed by atoms with Gasteiger partial charge < -0.3 is 10.2 Å². The molecule has 3 aromatic rings. The van der Waals surface area contributed by atoms with E-state index >= 15 is 0 Å². The van der Waals surface area contributed by atoms with Gasteiger partial charge in [-0.25, -0.2) is 0 Å². The summed E-state index contributed by atoms with van der Waals surface area (Å²) in [5, 5.41) is 9.16. The van der Waals surface area contributed by atoms with E-state index in [1.165, 1.54) is 0 Å². The van der Waals surface area contributed by atoms with Gasteiger partial charge >= 0.3 is 0 Å². The van der Waals surface area contributed by atoms with E-state index in [1.54, 1.807) is 12.1 Å². The molecule has 4 nitrogen and oxygen atoms in total. The van der Waals surface area contributed by atoms with Crippen molar-refractivity contribution in [3.8, 4) is 11.5 Å². The number of anilines is 1. The number of rotatable bonds is 3. The highest BCUT2D eigenvalue weighted by Gasteiger charge is 2.22. The Morgan fingerprint density at radius 1 is 1.05 bits per heavy atom. The summed E-state index contributed by atoms with van der Waals surface area (Å²) in [5.41, 5.74) is 7.83. The maximum atomic E-state index is 6.25. The van der Waals surface area contributed by atoms with E-state index in [0.29, 0.717) is 27.5 Å². The second-order valence-electron chi connectivity index (χ2n) is 4.93. The predicted molar refractivity (Wildman–Crippen MR) is 88.1 cm³/mol. The minimum Gasteiger partial charge on any atom is -0.420 e. The minimum atomic E-state index is -0.231. The molecule has 3 rings (SSSR count). The van der Waals surface area contributed by atoms with Crippen molar-refractivity contribution >= 4 is 28.9 Å². The van der Waals surface area contributed by atoms with E-state index in [-0.39, 0.29) is 5.92 Å². The molecule has 0 radical (unpaired) electrons. The third kappa shape index (κ3) is 2.80. The highest BCUT2D eigenvalue weighted by Crippen LogP contribution is 2.37. The van der Waals surface area contributed by atoms with Crippen molar-refractivity contribution in [3.05, 3.63) is 64.0 Å². The van der Waals surface area contributed by atoms with Crippen LogP contribution >= 0.6 is 23.2 Å². The molecule has 1 unspecified atom stereocenters. The Bertz CT molecular complexity index is 779. The summed E-state index contributed by atoms with van der Waals surface area (Å²) >= 11 is 12.5. The van der Waals surface area contributed by atoms with Gasteiger partial charge in [0.1, 0.15) is 0 Å². The van der Waals surface area contributed by atoms with Crippen molar-refractivity contribution in [2.75, 3.05) is 5.73 Å². The lowest BCUT2D eigenvalue weighted by atomic mass is 10.0.